The maximum absolute atomic E-state index is 5.74. The zero-order chi connectivity index (χ0) is 15.6. The molecule has 118 valence electrons. The third-order valence-electron chi connectivity index (χ3n) is 3.48. The first kappa shape index (κ1) is 16.4. The highest BCUT2D eigenvalue weighted by atomic mass is 16.5. The fourth-order valence-electron chi connectivity index (χ4n) is 2.17. The van der Waals surface area contributed by atoms with Crippen molar-refractivity contribution in [2.75, 3.05) is 13.7 Å². The average Bonchev–Trinajstić information content (AvgIpc) is 2.56. The molecule has 0 aliphatic heterocycles. The lowest BCUT2D eigenvalue weighted by Crippen LogP contribution is -2.12. The fraction of sp³-hybridized carbons (Fsp3) is 0.368. The van der Waals surface area contributed by atoms with Crippen LogP contribution in [-0.2, 0) is 13.1 Å². The summed E-state index contributed by atoms with van der Waals surface area (Å²) in [4.78, 5) is 0. The molecule has 0 aromatic heterocycles. The second kappa shape index (κ2) is 9.11. The zero-order valence-electron chi connectivity index (χ0n) is 13.5. The molecule has 2 aromatic rings. The van der Waals surface area contributed by atoms with Crippen LogP contribution in [0, 0.1) is 0 Å². The Morgan fingerprint density at radius 2 is 1.68 bits per heavy atom. The maximum Gasteiger partial charge on any atom is 0.119 e. The zero-order valence-corrected chi connectivity index (χ0v) is 13.5. The maximum atomic E-state index is 5.74. The molecule has 0 unspecified atom stereocenters. The van der Waals surface area contributed by atoms with Crippen LogP contribution in [0.2, 0.25) is 0 Å². The number of rotatable bonds is 9. The number of nitrogens with one attached hydrogen (secondary N) is 1. The first-order chi connectivity index (χ1) is 10.8. The van der Waals surface area contributed by atoms with Gasteiger partial charge in [-0.25, -0.2) is 0 Å². The summed E-state index contributed by atoms with van der Waals surface area (Å²) in [5, 5.41) is 3.45. The van der Waals surface area contributed by atoms with Crippen molar-refractivity contribution in [1.82, 2.24) is 5.32 Å². The van der Waals surface area contributed by atoms with Crippen LogP contribution in [0.15, 0.2) is 48.5 Å². The van der Waals surface area contributed by atoms with Crippen LogP contribution in [0.5, 0.6) is 11.5 Å². The van der Waals surface area contributed by atoms with E-state index < -0.39 is 0 Å². The molecule has 2 aromatic carbocycles. The van der Waals surface area contributed by atoms with Gasteiger partial charge in [0.15, 0.2) is 0 Å². The van der Waals surface area contributed by atoms with E-state index in [0.29, 0.717) is 0 Å². The molecule has 2 rings (SSSR count). The van der Waals surface area contributed by atoms with Crippen molar-refractivity contribution in [3.05, 3.63) is 59.7 Å². The van der Waals surface area contributed by atoms with Crippen LogP contribution in [0.25, 0.3) is 0 Å². The molecular weight excluding hydrogens is 274 g/mol. The van der Waals surface area contributed by atoms with Crippen molar-refractivity contribution in [3.63, 3.8) is 0 Å². The predicted octanol–water partition coefficient (Wildman–Crippen LogP) is 4.16. The Kier molecular flexibility index (Phi) is 6.78. The third-order valence-corrected chi connectivity index (χ3v) is 3.48. The molecule has 1 N–H and O–H groups in total. The summed E-state index contributed by atoms with van der Waals surface area (Å²) >= 11 is 0. The van der Waals surface area contributed by atoms with Gasteiger partial charge in [-0.05, 0) is 41.8 Å². The van der Waals surface area contributed by atoms with Gasteiger partial charge in [-0.3, -0.25) is 0 Å². The van der Waals surface area contributed by atoms with Crippen molar-refractivity contribution in [1.29, 1.82) is 0 Å². The van der Waals surface area contributed by atoms with Gasteiger partial charge in [-0.15, -0.1) is 0 Å². The van der Waals surface area contributed by atoms with E-state index in [1.807, 2.05) is 24.3 Å². The molecule has 0 aliphatic carbocycles. The van der Waals surface area contributed by atoms with Gasteiger partial charge in [0.1, 0.15) is 11.5 Å². The van der Waals surface area contributed by atoms with Gasteiger partial charge in [0.05, 0.1) is 13.7 Å². The molecule has 0 aliphatic rings. The van der Waals surface area contributed by atoms with Gasteiger partial charge in [0.2, 0.25) is 0 Å². The van der Waals surface area contributed by atoms with Gasteiger partial charge in [0, 0.05) is 13.1 Å². The topological polar surface area (TPSA) is 30.5 Å². The molecule has 0 bridgehead atoms. The SMILES string of the molecule is CCCCOc1cccc(CNCc2ccc(OC)cc2)c1. The van der Waals surface area contributed by atoms with Gasteiger partial charge < -0.3 is 14.8 Å². The molecule has 0 atom stereocenters. The Hall–Kier alpha value is -2.00. The van der Waals surface area contributed by atoms with E-state index in [4.69, 9.17) is 9.47 Å². The standard InChI is InChI=1S/C19H25NO2/c1-3-4-12-22-19-7-5-6-17(13-19)15-20-14-16-8-10-18(21-2)11-9-16/h5-11,13,20H,3-4,12,14-15H2,1-2H3. The van der Waals surface area contributed by atoms with E-state index in [1.54, 1.807) is 7.11 Å². The number of benzene rings is 2. The molecule has 0 saturated carbocycles. The number of hydrogen-bond acceptors (Lipinski definition) is 3. The van der Waals surface area contributed by atoms with Crippen molar-refractivity contribution in [2.45, 2.75) is 32.9 Å². The quantitative estimate of drug-likeness (QED) is 0.705. The van der Waals surface area contributed by atoms with Gasteiger partial charge in [-0.2, -0.15) is 0 Å². The second-order valence-electron chi connectivity index (χ2n) is 5.30. The number of ether oxygens (including phenoxy) is 2. The minimum absolute atomic E-state index is 0.791. The fourth-order valence-corrected chi connectivity index (χ4v) is 2.17. The molecule has 0 amide bonds. The molecule has 22 heavy (non-hydrogen) atoms. The molecule has 3 nitrogen and oxygen atoms in total. The van der Waals surface area contributed by atoms with Crippen molar-refractivity contribution < 1.29 is 9.47 Å². The summed E-state index contributed by atoms with van der Waals surface area (Å²) < 4.78 is 10.9. The van der Waals surface area contributed by atoms with Crippen molar-refractivity contribution >= 4 is 0 Å². The summed E-state index contributed by atoms with van der Waals surface area (Å²) in [6, 6.07) is 16.4. The Morgan fingerprint density at radius 1 is 0.909 bits per heavy atom. The highest BCUT2D eigenvalue weighted by molar-refractivity contribution is 5.29. The largest absolute Gasteiger partial charge is 0.497 e. The Labute approximate surface area is 133 Å². The van der Waals surface area contributed by atoms with E-state index >= 15 is 0 Å². The smallest absolute Gasteiger partial charge is 0.119 e. The van der Waals surface area contributed by atoms with Crippen LogP contribution in [0.1, 0.15) is 30.9 Å². The van der Waals surface area contributed by atoms with Crippen molar-refractivity contribution in [2.24, 2.45) is 0 Å². The van der Waals surface area contributed by atoms with Crippen LogP contribution in [-0.4, -0.2) is 13.7 Å². The van der Waals surface area contributed by atoms with Gasteiger partial charge >= 0.3 is 0 Å². The number of hydrogen-bond donors (Lipinski definition) is 1. The van der Waals surface area contributed by atoms with Crippen LogP contribution >= 0.6 is 0 Å². The lowest BCUT2D eigenvalue weighted by Gasteiger charge is -2.09. The summed E-state index contributed by atoms with van der Waals surface area (Å²) in [7, 11) is 1.68. The van der Waals surface area contributed by atoms with Gasteiger partial charge in [0.25, 0.3) is 0 Å². The van der Waals surface area contributed by atoms with Gasteiger partial charge in [-0.1, -0.05) is 37.6 Å². The molecule has 0 radical (unpaired) electrons. The molecular formula is C19H25NO2. The first-order valence-electron chi connectivity index (χ1n) is 7.87. The summed E-state index contributed by atoms with van der Waals surface area (Å²) in [5.41, 5.74) is 2.48. The van der Waals surface area contributed by atoms with E-state index in [9.17, 15) is 0 Å². The predicted molar refractivity (Wildman–Crippen MR) is 90.4 cm³/mol. The molecule has 3 heteroatoms. The summed E-state index contributed by atoms with van der Waals surface area (Å²) in [6.07, 6.45) is 2.25. The molecule has 0 saturated heterocycles. The van der Waals surface area contributed by atoms with E-state index in [1.165, 1.54) is 11.1 Å². The Morgan fingerprint density at radius 3 is 2.41 bits per heavy atom. The van der Waals surface area contributed by atoms with Crippen LogP contribution in [0.3, 0.4) is 0 Å². The first-order valence-corrected chi connectivity index (χ1v) is 7.87. The Bertz CT molecular complexity index is 552. The third kappa shape index (κ3) is 5.41. The second-order valence-corrected chi connectivity index (χ2v) is 5.30. The number of methoxy groups -OCH3 is 1. The van der Waals surface area contributed by atoms with Crippen LogP contribution in [0.4, 0.5) is 0 Å². The lowest BCUT2D eigenvalue weighted by atomic mass is 10.2. The van der Waals surface area contributed by atoms with Crippen molar-refractivity contribution in [3.8, 4) is 11.5 Å². The summed E-state index contributed by atoms with van der Waals surface area (Å²) in [6.45, 7) is 4.63. The number of unbranched alkanes of at least 4 members (excludes halogenated alkanes) is 1. The van der Waals surface area contributed by atoms with E-state index in [0.717, 1.165) is 44.0 Å². The van der Waals surface area contributed by atoms with E-state index in [-0.39, 0.29) is 0 Å². The Balaban J connectivity index is 1.79. The highest BCUT2D eigenvalue weighted by Crippen LogP contribution is 2.14. The average molecular weight is 299 g/mol. The lowest BCUT2D eigenvalue weighted by molar-refractivity contribution is 0.309. The normalized spacial score (nSPS) is 10.5. The highest BCUT2D eigenvalue weighted by Gasteiger charge is 1.98. The van der Waals surface area contributed by atoms with E-state index in [2.05, 4.69) is 36.5 Å². The van der Waals surface area contributed by atoms with Crippen LogP contribution < -0.4 is 14.8 Å². The summed E-state index contributed by atoms with van der Waals surface area (Å²) in [5.74, 6) is 1.85. The molecule has 0 heterocycles. The molecule has 0 fully saturated rings. The minimum Gasteiger partial charge on any atom is -0.497 e. The molecule has 0 spiro atoms. The minimum atomic E-state index is 0.791. The monoisotopic (exact) mass is 299 g/mol.